The maximum absolute atomic E-state index is 12.4. The van der Waals surface area contributed by atoms with Gasteiger partial charge < -0.3 is 15.1 Å². The highest BCUT2D eigenvalue weighted by Gasteiger charge is 2.31. The second-order valence-electron chi connectivity index (χ2n) is 7.26. The van der Waals surface area contributed by atoms with E-state index in [1.807, 2.05) is 24.3 Å². The van der Waals surface area contributed by atoms with E-state index >= 15 is 0 Å². The quantitative estimate of drug-likeness (QED) is 0.450. The number of carbonyl (C=O) groups excluding carboxylic acids is 2. The number of nitrogens with one attached hydrogen (secondary N) is 3. The highest BCUT2D eigenvalue weighted by molar-refractivity contribution is 6.35. The van der Waals surface area contributed by atoms with Crippen LogP contribution in [0.1, 0.15) is 38.2 Å². The Kier molecular flexibility index (Phi) is 7.06. The van der Waals surface area contributed by atoms with Gasteiger partial charge in [0, 0.05) is 45.0 Å². The lowest BCUT2D eigenvalue weighted by molar-refractivity contribution is -0.156. The van der Waals surface area contributed by atoms with Crippen molar-refractivity contribution >= 4 is 17.5 Å². The third kappa shape index (κ3) is 5.43. The molecule has 0 aromatic heterocycles. The summed E-state index contributed by atoms with van der Waals surface area (Å²) in [5.41, 5.74) is 2.05. The molecule has 27 heavy (non-hydrogen) atoms. The number of nitrogens with zero attached hydrogens (tertiary/aromatic N) is 2. The van der Waals surface area contributed by atoms with Crippen molar-refractivity contribution < 1.29 is 9.59 Å². The highest BCUT2D eigenvalue weighted by atomic mass is 16.2. The smallest absolute Gasteiger partial charge is 0.312 e. The van der Waals surface area contributed by atoms with Gasteiger partial charge in [-0.15, -0.1) is 0 Å². The van der Waals surface area contributed by atoms with Gasteiger partial charge in [0.15, 0.2) is 0 Å². The molecule has 7 heteroatoms. The second kappa shape index (κ2) is 9.71. The van der Waals surface area contributed by atoms with E-state index in [0.29, 0.717) is 26.2 Å². The topological polar surface area (TPSA) is 76.7 Å². The number of rotatable bonds is 9. The van der Waals surface area contributed by atoms with Gasteiger partial charge in [0.25, 0.3) is 0 Å². The Morgan fingerprint density at radius 2 is 1.63 bits per heavy atom. The van der Waals surface area contributed by atoms with Crippen LogP contribution in [-0.2, 0) is 16.1 Å². The van der Waals surface area contributed by atoms with Crippen LogP contribution in [0.4, 0.5) is 5.69 Å². The van der Waals surface area contributed by atoms with Crippen molar-refractivity contribution in [3.8, 4) is 0 Å². The molecule has 0 spiro atoms. The Bertz CT molecular complexity index is 628. The molecule has 2 aliphatic heterocycles. The van der Waals surface area contributed by atoms with E-state index in [0.717, 1.165) is 37.2 Å². The average molecular weight is 374 g/mol. The van der Waals surface area contributed by atoms with Crippen LogP contribution in [0.15, 0.2) is 24.3 Å². The molecule has 0 atom stereocenters. The maximum atomic E-state index is 12.4. The molecule has 0 radical (unpaired) electrons. The molecule has 2 amide bonds. The number of amides is 2. The Morgan fingerprint density at radius 3 is 2.33 bits per heavy atom. The van der Waals surface area contributed by atoms with Gasteiger partial charge in [-0.2, -0.15) is 0 Å². The largest absolute Gasteiger partial charge is 0.358 e. The molecule has 0 bridgehead atoms. The van der Waals surface area contributed by atoms with Crippen molar-refractivity contribution in [1.82, 2.24) is 20.4 Å². The SMILES string of the molecule is CCCCCCN1CCN(Cc2ccc(NC3NCCN3)cc2)C(=O)C1=O. The van der Waals surface area contributed by atoms with Gasteiger partial charge in [0.1, 0.15) is 6.29 Å². The van der Waals surface area contributed by atoms with E-state index < -0.39 is 0 Å². The van der Waals surface area contributed by atoms with Crippen LogP contribution < -0.4 is 16.0 Å². The fraction of sp³-hybridized carbons (Fsp3) is 0.600. The molecule has 0 saturated carbocycles. The third-order valence-electron chi connectivity index (χ3n) is 5.14. The summed E-state index contributed by atoms with van der Waals surface area (Å²) >= 11 is 0. The van der Waals surface area contributed by atoms with Gasteiger partial charge in [-0.3, -0.25) is 20.2 Å². The van der Waals surface area contributed by atoms with E-state index in [4.69, 9.17) is 0 Å². The van der Waals surface area contributed by atoms with Crippen molar-refractivity contribution in [2.45, 2.75) is 45.4 Å². The molecule has 1 aromatic carbocycles. The fourth-order valence-electron chi connectivity index (χ4n) is 3.51. The van der Waals surface area contributed by atoms with E-state index in [1.165, 1.54) is 12.8 Å². The lowest BCUT2D eigenvalue weighted by Gasteiger charge is -2.33. The number of unbranched alkanes of at least 4 members (excludes halogenated alkanes) is 3. The van der Waals surface area contributed by atoms with E-state index in [-0.39, 0.29) is 18.1 Å². The van der Waals surface area contributed by atoms with Gasteiger partial charge in [-0.25, -0.2) is 0 Å². The molecule has 2 saturated heterocycles. The van der Waals surface area contributed by atoms with Gasteiger partial charge in [-0.1, -0.05) is 38.3 Å². The minimum Gasteiger partial charge on any atom is -0.358 e. The average Bonchev–Trinajstić information content (AvgIpc) is 3.19. The molecule has 2 aliphatic rings. The van der Waals surface area contributed by atoms with Crippen molar-refractivity contribution in [3.05, 3.63) is 29.8 Å². The number of hydrogen-bond donors (Lipinski definition) is 3. The summed E-state index contributed by atoms with van der Waals surface area (Å²) in [6.45, 7) is 6.49. The Labute approximate surface area is 161 Å². The number of hydrogen-bond acceptors (Lipinski definition) is 5. The zero-order chi connectivity index (χ0) is 19.1. The highest BCUT2D eigenvalue weighted by Crippen LogP contribution is 2.15. The molecular formula is C20H31N5O2. The molecular weight excluding hydrogens is 342 g/mol. The standard InChI is InChI=1S/C20H31N5O2/c1-2-3-4-5-12-24-13-14-25(19(27)18(24)26)15-16-6-8-17(9-7-16)23-20-21-10-11-22-20/h6-9,20-23H,2-5,10-15H2,1H3. The van der Waals surface area contributed by atoms with Crippen molar-refractivity contribution in [1.29, 1.82) is 0 Å². The molecule has 2 heterocycles. The predicted molar refractivity (Wildman–Crippen MR) is 106 cm³/mol. The monoisotopic (exact) mass is 373 g/mol. The number of carbonyl (C=O) groups is 2. The van der Waals surface area contributed by atoms with Crippen LogP contribution >= 0.6 is 0 Å². The van der Waals surface area contributed by atoms with Crippen LogP contribution in [0.5, 0.6) is 0 Å². The summed E-state index contributed by atoms with van der Waals surface area (Å²) in [7, 11) is 0. The number of anilines is 1. The van der Waals surface area contributed by atoms with Gasteiger partial charge in [-0.05, 0) is 24.1 Å². The normalized spacial score (nSPS) is 18.4. The predicted octanol–water partition coefficient (Wildman–Crippen LogP) is 1.33. The molecule has 0 unspecified atom stereocenters. The molecule has 0 aliphatic carbocycles. The van der Waals surface area contributed by atoms with E-state index in [2.05, 4.69) is 22.9 Å². The van der Waals surface area contributed by atoms with Crippen molar-refractivity contribution in [2.24, 2.45) is 0 Å². The zero-order valence-corrected chi connectivity index (χ0v) is 16.2. The van der Waals surface area contributed by atoms with Crippen LogP contribution in [0.2, 0.25) is 0 Å². The summed E-state index contributed by atoms with van der Waals surface area (Å²) in [6.07, 6.45) is 4.54. The lowest BCUT2D eigenvalue weighted by Crippen LogP contribution is -2.54. The molecule has 148 valence electrons. The van der Waals surface area contributed by atoms with E-state index in [9.17, 15) is 9.59 Å². The van der Waals surface area contributed by atoms with Gasteiger partial charge >= 0.3 is 11.8 Å². The summed E-state index contributed by atoms with van der Waals surface area (Å²) in [6, 6.07) is 8.03. The summed E-state index contributed by atoms with van der Waals surface area (Å²) in [5, 5.41) is 9.97. The Morgan fingerprint density at radius 1 is 0.963 bits per heavy atom. The van der Waals surface area contributed by atoms with Crippen LogP contribution in [0.25, 0.3) is 0 Å². The minimum atomic E-state index is -0.377. The second-order valence-corrected chi connectivity index (χ2v) is 7.26. The molecule has 2 fully saturated rings. The fourth-order valence-corrected chi connectivity index (χ4v) is 3.51. The number of piperazine rings is 1. The molecule has 7 nitrogen and oxygen atoms in total. The third-order valence-corrected chi connectivity index (χ3v) is 5.14. The first-order valence-corrected chi connectivity index (χ1v) is 10.1. The van der Waals surface area contributed by atoms with Gasteiger partial charge in [0.05, 0.1) is 0 Å². The first-order valence-electron chi connectivity index (χ1n) is 10.1. The molecule has 3 rings (SSSR count). The van der Waals surface area contributed by atoms with Crippen molar-refractivity contribution in [2.75, 3.05) is 38.0 Å². The summed E-state index contributed by atoms with van der Waals surface area (Å²) < 4.78 is 0. The Balaban J connectivity index is 1.47. The van der Waals surface area contributed by atoms with Gasteiger partial charge in [0.2, 0.25) is 0 Å². The van der Waals surface area contributed by atoms with Crippen LogP contribution in [0, 0.1) is 0 Å². The minimum absolute atomic E-state index is 0.0976. The Hall–Kier alpha value is -2.12. The molecule has 3 N–H and O–H groups in total. The lowest BCUT2D eigenvalue weighted by atomic mass is 10.1. The maximum Gasteiger partial charge on any atom is 0.312 e. The van der Waals surface area contributed by atoms with E-state index in [1.54, 1.807) is 9.80 Å². The first-order chi connectivity index (χ1) is 13.2. The molecule has 1 aromatic rings. The summed E-state index contributed by atoms with van der Waals surface area (Å²) in [5.74, 6) is -0.729. The summed E-state index contributed by atoms with van der Waals surface area (Å²) in [4.78, 5) is 28.2. The van der Waals surface area contributed by atoms with Crippen LogP contribution in [-0.4, -0.2) is 60.6 Å². The number of benzene rings is 1. The zero-order valence-electron chi connectivity index (χ0n) is 16.2. The van der Waals surface area contributed by atoms with Crippen molar-refractivity contribution in [3.63, 3.8) is 0 Å². The first kappa shape index (κ1) is 19.6. The van der Waals surface area contributed by atoms with Crippen LogP contribution in [0.3, 0.4) is 0 Å².